The van der Waals surface area contributed by atoms with Gasteiger partial charge in [0.1, 0.15) is 0 Å². The maximum atomic E-state index is 12.6. The molecule has 0 radical (unpaired) electrons. The van der Waals surface area contributed by atoms with E-state index in [0.29, 0.717) is 25.2 Å². The highest BCUT2D eigenvalue weighted by Crippen LogP contribution is 2.24. The van der Waals surface area contributed by atoms with Gasteiger partial charge >= 0.3 is 0 Å². The lowest BCUT2D eigenvalue weighted by Crippen LogP contribution is -2.28. The van der Waals surface area contributed by atoms with Gasteiger partial charge in [-0.2, -0.15) is 9.40 Å². The van der Waals surface area contributed by atoms with Gasteiger partial charge in [-0.15, -0.1) is 0 Å². The van der Waals surface area contributed by atoms with Gasteiger partial charge in [-0.05, 0) is 61.9 Å². The predicted molar refractivity (Wildman–Crippen MR) is 101 cm³/mol. The van der Waals surface area contributed by atoms with Crippen LogP contribution in [0.3, 0.4) is 0 Å². The number of fused-ring (bicyclic) bond motifs is 1. The lowest BCUT2D eigenvalue weighted by atomic mass is 10.2. The fourth-order valence-corrected chi connectivity index (χ4v) is 5.45. The van der Waals surface area contributed by atoms with Crippen molar-refractivity contribution in [2.24, 2.45) is 7.05 Å². The molecule has 1 N–H and O–H groups in total. The van der Waals surface area contributed by atoms with Crippen molar-refractivity contribution in [2.45, 2.75) is 43.5 Å². The number of aryl methyl sites for hydroxylation is 2. The van der Waals surface area contributed by atoms with Crippen molar-refractivity contribution in [1.29, 1.82) is 0 Å². The summed E-state index contributed by atoms with van der Waals surface area (Å²) in [4.78, 5) is 12.7. The molecule has 27 heavy (non-hydrogen) atoms. The average Bonchev–Trinajstić information content (AvgIpc) is 3.38. The van der Waals surface area contributed by atoms with Gasteiger partial charge in [0.15, 0.2) is 0 Å². The molecule has 2 aliphatic rings. The number of carbonyl (C=O) groups is 1. The molecule has 0 atom stereocenters. The molecule has 4 rings (SSSR count). The summed E-state index contributed by atoms with van der Waals surface area (Å²) in [6, 6.07) is 6.19. The minimum atomic E-state index is -3.45. The van der Waals surface area contributed by atoms with E-state index in [1.54, 1.807) is 12.1 Å². The van der Waals surface area contributed by atoms with Crippen molar-refractivity contribution in [1.82, 2.24) is 19.4 Å². The van der Waals surface area contributed by atoms with E-state index in [1.165, 1.54) is 22.0 Å². The number of benzene rings is 1. The molecule has 7 nitrogen and oxygen atoms in total. The zero-order valence-corrected chi connectivity index (χ0v) is 16.3. The van der Waals surface area contributed by atoms with Crippen molar-refractivity contribution in [3.63, 3.8) is 0 Å². The van der Waals surface area contributed by atoms with E-state index in [1.807, 2.05) is 11.7 Å². The van der Waals surface area contributed by atoms with Crippen LogP contribution in [-0.2, 0) is 36.5 Å². The molecule has 1 fully saturated rings. The Hall–Kier alpha value is -2.19. The molecule has 1 aliphatic carbocycles. The van der Waals surface area contributed by atoms with Gasteiger partial charge in [0.2, 0.25) is 10.0 Å². The van der Waals surface area contributed by atoms with Crippen molar-refractivity contribution < 1.29 is 13.2 Å². The summed E-state index contributed by atoms with van der Waals surface area (Å²) < 4.78 is 28.5. The number of amides is 1. The van der Waals surface area contributed by atoms with Gasteiger partial charge in [-0.25, -0.2) is 8.42 Å². The Bertz CT molecular complexity index is 958. The highest BCUT2D eigenvalue weighted by atomic mass is 32.2. The summed E-state index contributed by atoms with van der Waals surface area (Å²) >= 11 is 0. The molecular weight excluding hydrogens is 364 g/mol. The van der Waals surface area contributed by atoms with Crippen LogP contribution in [0, 0.1) is 0 Å². The van der Waals surface area contributed by atoms with Crippen molar-refractivity contribution in [3.05, 3.63) is 46.8 Å². The average molecular weight is 388 g/mol. The third-order valence-corrected chi connectivity index (χ3v) is 7.35. The number of aromatic nitrogens is 2. The van der Waals surface area contributed by atoms with Crippen LogP contribution in [0.1, 0.15) is 46.6 Å². The highest BCUT2D eigenvalue weighted by Gasteiger charge is 2.27. The fraction of sp³-hybridized carbons (Fsp3) is 0.474. The van der Waals surface area contributed by atoms with Gasteiger partial charge < -0.3 is 5.32 Å². The summed E-state index contributed by atoms with van der Waals surface area (Å²) in [5.74, 6) is -0.215. The molecule has 1 aromatic carbocycles. The van der Waals surface area contributed by atoms with Gasteiger partial charge in [0.05, 0.1) is 22.8 Å². The lowest BCUT2D eigenvalue weighted by Gasteiger charge is -2.15. The van der Waals surface area contributed by atoms with Crippen LogP contribution < -0.4 is 5.32 Å². The second kappa shape index (κ2) is 7.09. The minimum Gasteiger partial charge on any atom is -0.346 e. The molecule has 1 aliphatic heterocycles. The van der Waals surface area contributed by atoms with Crippen molar-refractivity contribution in [3.8, 4) is 0 Å². The van der Waals surface area contributed by atoms with Crippen LogP contribution in [0.15, 0.2) is 29.2 Å². The predicted octanol–water partition coefficient (Wildman–Crippen LogP) is 1.62. The highest BCUT2D eigenvalue weighted by molar-refractivity contribution is 7.89. The first-order chi connectivity index (χ1) is 13.0. The number of nitrogens with one attached hydrogen (secondary N) is 1. The quantitative estimate of drug-likeness (QED) is 0.844. The first-order valence-electron chi connectivity index (χ1n) is 9.39. The molecule has 2 aromatic rings. The molecule has 1 aromatic heterocycles. The summed E-state index contributed by atoms with van der Waals surface area (Å²) in [5, 5.41) is 7.44. The van der Waals surface area contributed by atoms with Crippen LogP contribution in [-0.4, -0.2) is 41.5 Å². The number of nitrogens with zero attached hydrogens (tertiary/aromatic N) is 3. The Labute approximate surface area is 159 Å². The minimum absolute atomic E-state index is 0.215. The van der Waals surface area contributed by atoms with E-state index in [-0.39, 0.29) is 10.8 Å². The second-order valence-corrected chi connectivity index (χ2v) is 9.11. The van der Waals surface area contributed by atoms with Gasteiger partial charge in [0, 0.05) is 25.7 Å². The van der Waals surface area contributed by atoms with Crippen molar-refractivity contribution >= 4 is 15.9 Å². The molecule has 144 valence electrons. The monoisotopic (exact) mass is 388 g/mol. The van der Waals surface area contributed by atoms with E-state index in [0.717, 1.165) is 43.5 Å². The fourth-order valence-electron chi connectivity index (χ4n) is 3.93. The normalized spacial score (nSPS) is 17.2. The molecule has 0 bridgehead atoms. The summed E-state index contributed by atoms with van der Waals surface area (Å²) in [5.41, 5.74) is 3.89. The Kier molecular flexibility index (Phi) is 4.77. The third-order valence-electron chi connectivity index (χ3n) is 5.43. The topological polar surface area (TPSA) is 84.3 Å². The Morgan fingerprint density at radius 1 is 1.11 bits per heavy atom. The van der Waals surface area contributed by atoms with Crippen LogP contribution >= 0.6 is 0 Å². The SMILES string of the molecule is Cn1nc2c(c1CNC(=O)c1ccc(S(=O)(=O)N3CCCC3)cc1)CCC2. The van der Waals surface area contributed by atoms with Gasteiger partial charge in [-0.3, -0.25) is 9.48 Å². The summed E-state index contributed by atoms with van der Waals surface area (Å²) in [6.45, 7) is 1.56. The molecule has 1 saturated heterocycles. The first-order valence-corrected chi connectivity index (χ1v) is 10.8. The van der Waals surface area contributed by atoms with Crippen molar-refractivity contribution in [2.75, 3.05) is 13.1 Å². The zero-order chi connectivity index (χ0) is 19.0. The number of rotatable bonds is 5. The molecule has 0 unspecified atom stereocenters. The lowest BCUT2D eigenvalue weighted by molar-refractivity contribution is 0.0950. The Morgan fingerprint density at radius 3 is 2.52 bits per heavy atom. The van der Waals surface area contributed by atoms with Gasteiger partial charge in [-0.1, -0.05) is 0 Å². The smallest absolute Gasteiger partial charge is 0.251 e. The maximum absolute atomic E-state index is 12.6. The Morgan fingerprint density at radius 2 is 1.81 bits per heavy atom. The van der Waals surface area contributed by atoms with Crippen LogP contribution in [0.5, 0.6) is 0 Å². The molecule has 8 heteroatoms. The van der Waals surface area contributed by atoms with E-state index in [2.05, 4.69) is 10.4 Å². The van der Waals surface area contributed by atoms with E-state index in [4.69, 9.17) is 0 Å². The first kappa shape index (κ1) is 18.2. The number of hydrogen-bond acceptors (Lipinski definition) is 4. The molecule has 1 amide bonds. The molecule has 0 saturated carbocycles. The Balaban J connectivity index is 1.44. The number of carbonyl (C=O) groups excluding carboxylic acids is 1. The van der Waals surface area contributed by atoms with E-state index >= 15 is 0 Å². The van der Waals surface area contributed by atoms with Gasteiger partial charge in [0.25, 0.3) is 5.91 Å². The zero-order valence-electron chi connectivity index (χ0n) is 15.4. The third kappa shape index (κ3) is 3.39. The van der Waals surface area contributed by atoms with Crippen LogP contribution in [0.4, 0.5) is 0 Å². The summed E-state index contributed by atoms with van der Waals surface area (Å²) in [7, 11) is -1.55. The van der Waals surface area contributed by atoms with Crippen LogP contribution in [0.25, 0.3) is 0 Å². The number of sulfonamides is 1. The summed E-state index contributed by atoms with van der Waals surface area (Å²) in [6.07, 6.45) is 4.93. The molecule has 2 heterocycles. The largest absolute Gasteiger partial charge is 0.346 e. The molecular formula is C19H24N4O3S. The standard InChI is InChI=1S/C19H24N4O3S/c1-22-18(16-5-4-6-17(16)21-22)13-20-19(24)14-7-9-15(10-8-14)27(25,26)23-11-2-3-12-23/h7-10H,2-6,11-13H2,1H3,(H,20,24). The van der Waals surface area contributed by atoms with E-state index < -0.39 is 10.0 Å². The second-order valence-electron chi connectivity index (χ2n) is 7.17. The maximum Gasteiger partial charge on any atom is 0.251 e. The van der Waals surface area contributed by atoms with E-state index in [9.17, 15) is 13.2 Å². The number of hydrogen-bond donors (Lipinski definition) is 1. The van der Waals surface area contributed by atoms with Crippen LogP contribution in [0.2, 0.25) is 0 Å². The molecule has 0 spiro atoms.